The van der Waals surface area contributed by atoms with Gasteiger partial charge in [0.05, 0.1) is 0 Å². The van der Waals surface area contributed by atoms with E-state index in [1.807, 2.05) is 12.1 Å². The normalized spacial score (nSPS) is 17.6. The summed E-state index contributed by atoms with van der Waals surface area (Å²) in [6.45, 7) is 1.52. The average Bonchev–Trinajstić information content (AvgIpc) is 2.90. The SMILES string of the molecule is CN(C)Cc1ccccc1CNC(=O)C[C@@H]1C=CCC1. The Morgan fingerprint density at radius 1 is 1.30 bits per heavy atom. The van der Waals surface area contributed by atoms with Gasteiger partial charge < -0.3 is 10.2 Å². The van der Waals surface area contributed by atoms with Gasteiger partial charge in [0, 0.05) is 19.5 Å². The van der Waals surface area contributed by atoms with Gasteiger partial charge in [0.2, 0.25) is 5.91 Å². The fourth-order valence-corrected chi connectivity index (χ4v) is 2.59. The fraction of sp³-hybridized carbons (Fsp3) is 0.471. The lowest BCUT2D eigenvalue weighted by Gasteiger charge is -2.15. The Morgan fingerprint density at radius 2 is 2.05 bits per heavy atom. The largest absolute Gasteiger partial charge is 0.352 e. The minimum Gasteiger partial charge on any atom is -0.352 e. The number of rotatable bonds is 6. The highest BCUT2D eigenvalue weighted by Crippen LogP contribution is 2.20. The molecule has 3 nitrogen and oxygen atoms in total. The van der Waals surface area contributed by atoms with Crippen LogP contribution in [0.3, 0.4) is 0 Å². The van der Waals surface area contributed by atoms with E-state index in [4.69, 9.17) is 0 Å². The molecule has 0 saturated carbocycles. The van der Waals surface area contributed by atoms with Gasteiger partial charge in [-0.25, -0.2) is 0 Å². The van der Waals surface area contributed by atoms with Crippen molar-refractivity contribution in [3.63, 3.8) is 0 Å². The molecule has 1 atom stereocenters. The summed E-state index contributed by atoms with van der Waals surface area (Å²) in [5, 5.41) is 3.05. The summed E-state index contributed by atoms with van der Waals surface area (Å²) in [6.07, 6.45) is 7.19. The van der Waals surface area contributed by atoms with Crippen molar-refractivity contribution in [3.8, 4) is 0 Å². The summed E-state index contributed by atoms with van der Waals surface area (Å²) in [5.74, 6) is 0.591. The van der Waals surface area contributed by atoms with Gasteiger partial charge in [-0.1, -0.05) is 36.4 Å². The van der Waals surface area contributed by atoms with Crippen LogP contribution in [0.2, 0.25) is 0 Å². The fourth-order valence-electron chi connectivity index (χ4n) is 2.59. The molecule has 20 heavy (non-hydrogen) atoms. The second-order valence-electron chi connectivity index (χ2n) is 5.75. The monoisotopic (exact) mass is 272 g/mol. The molecule has 0 radical (unpaired) electrons. The Hall–Kier alpha value is -1.61. The van der Waals surface area contributed by atoms with E-state index >= 15 is 0 Å². The number of hydrogen-bond acceptors (Lipinski definition) is 2. The third-order valence-corrected chi connectivity index (χ3v) is 3.64. The number of hydrogen-bond donors (Lipinski definition) is 1. The molecule has 0 fully saturated rings. The second kappa shape index (κ2) is 7.25. The van der Waals surface area contributed by atoms with E-state index in [1.165, 1.54) is 11.1 Å². The number of nitrogens with one attached hydrogen (secondary N) is 1. The molecule has 1 amide bonds. The highest BCUT2D eigenvalue weighted by Gasteiger charge is 2.14. The highest BCUT2D eigenvalue weighted by molar-refractivity contribution is 5.76. The van der Waals surface area contributed by atoms with Crippen LogP contribution in [0.5, 0.6) is 0 Å². The van der Waals surface area contributed by atoms with Crippen LogP contribution in [0.1, 0.15) is 30.4 Å². The van der Waals surface area contributed by atoms with E-state index in [0.717, 1.165) is 19.4 Å². The molecule has 0 bridgehead atoms. The summed E-state index contributed by atoms with van der Waals surface area (Å²) in [4.78, 5) is 14.1. The van der Waals surface area contributed by atoms with Crippen LogP contribution in [0.25, 0.3) is 0 Å². The van der Waals surface area contributed by atoms with Crippen molar-refractivity contribution in [3.05, 3.63) is 47.5 Å². The smallest absolute Gasteiger partial charge is 0.220 e. The third-order valence-electron chi connectivity index (χ3n) is 3.64. The van der Waals surface area contributed by atoms with E-state index in [2.05, 4.69) is 48.6 Å². The number of benzene rings is 1. The van der Waals surface area contributed by atoms with Gasteiger partial charge in [0.1, 0.15) is 0 Å². The van der Waals surface area contributed by atoms with Crippen LogP contribution in [0.15, 0.2) is 36.4 Å². The number of nitrogens with zero attached hydrogens (tertiary/aromatic N) is 1. The van der Waals surface area contributed by atoms with Crippen molar-refractivity contribution >= 4 is 5.91 Å². The lowest BCUT2D eigenvalue weighted by atomic mass is 10.0. The Morgan fingerprint density at radius 3 is 2.70 bits per heavy atom. The minimum atomic E-state index is 0.154. The maximum Gasteiger partial charge on any atom is 0.220 e. The Labute approximate surface area is 121 Å². The first-order chi connectivity index (χ1) is 9.65. The molecule has 3 heteroatoms. The summed E-state index contributed by atoms with van der Waals surface area (Å²) in [5.41, 5.74) is 2.48. The first-order valence-corrected chi connectivity index (χ1v) is 7.30. The molecular formula is C17H24N2O. The molecule has 108 valence electrons. The van der Waals surface area contributed by atoms with Crippen molar-refractivity contribution in [2.75, 3.05) is 14.1 Å². The zero-order chi connectivity index (χ0) is 14.4. The molecule has 1 N–H and O–H groups in total. The molecule has 0 heterocycles. The van der Waals surface area contributed by atoms with Crippen LogP contribution in [0.4, 0.5) is 0 Å². The molecule has 0 saturated heterocycles. The van der Waals surface area contributed by atoms with Gasteiger partial charge in [-0.15, -0.1) is 0 Å². The van der Waals surface area contributed by atoms with Gasteiger partial charge in [0.25, 0.3) is 0 Å². The van der Waals surface area contributed by atoms with E-state index in [1.54, 1.807) is 0 Å². The van der Waals surface area contributed by atoms with Crippen LogP contribution in [0, 0.1) is 5.92 Å². The first kappa shape index (κ1) is 14.8. The highest BCUT2D eigenvalue weighted by atomic mass is 16.1. The molecule has 0 aliphatic heterocycles. The Balaban J connectivity index is 1.86. The van der Waals surface area contributed by atoms with E-state index in [9.17, 15) is 4.79 Å². The van der Waals surface area contributed by atoms with Gasteiger partial charge in [-0.05, 0) is 44.0 Å². The molecule has 1 aliphatic rings. The van der Waals surface area contributed by atoms with Gasteiger partial charge in [-0.3, -0.25) is 4.79 Å². The molecule has 0 spiro atoms. The number of amides is 1. The van der Waals surface area contributed by atoms with Crippen molar-refractivity contribution in [1.29, 1.82) is 0 Å². The summed E-state index contributed by atoms with van der Waals surface area (Å²) >= 11 is 0. The number of carbonyl (C=O) groups excluding carboxylic acids is 1. The molecule has 1 aromatic carbocycles. The van der Waals surface area contributed by atoms with Crippen LogP contribution >= 0.6 is 0 Å². The van der Waals surface area contributed by atoms with Crippen molar-refractivity contribution in [1.82, 2.24) is 10.2 Å². The zero-order valence-corrected chi connectivity index (χ0v) is 12.4. The van der Waals surface area contributed by atoms with Crippen molar-refractivity contribution < 1.29 is 4.79 Å². The molecular weight excluding hydrogens is 248 g/mol. The first-order valence-electron chi connectivity index (χ1n) is 7.30. The summed E-state index contributed by atoms with van der Waals surface area (Å²) < 4.78 is 0. The van der Waals surface area contributed by atoms with E-state index in [0.29, 0.717) is 18.9 Å². The topological polar surface area (TPSA) is 32.3 Å². The predicted octanol–water partition coefficient (Wildman–Crippen LogP) is 2.72. The number of carbonyl (C=O) groups is 1. The third kappa shape index (κ3) is 4.49. The van der Waals surface area contributed by atoms with Crippen molar-refractivity contribution in [2.24, 2.45) is 5.92 Å². The lowest BCUT2D eigenvalue weighted by molar-refractivity contribution is -0.121. The molecule has 1 aromatic rings. The molecule has 2 rings (SSSR count). The van der Waals surface area contributed by atoms with Crippen LogP contribution < -0.4 is 5.32 Å². The molecule has 1 aliphatic carbocycles. The van der Waals surface area contributed by atoms with Gasteiger partial charge >= 0.3 is 0 Å². The minimum absolute atomic E-state index is 0.154. The summed E-state index contributed by atoms with van der Waals surface area (Å²) in [6, 6.07) is 8.30. The number of allylic oxidation sites excluding steroid dienone is 2. The van der Waals surface area contributed by atoms with Crippen LogP contribution in [-0.4, -0.2) is 24.9 Å². The van der Waals surface area contributed by atoms with Crippen LogP contribution in [-0.2, 0) is 17.9 Å². The molecule has 0 unspecified atom stereocenters. The summed E-state index contributed by atoms with van der Waals surface area (Å²) in [7, 11) is 4.11. The zero-order valence-electron chi connectivity index (χ0n) is 12.4. The standard InChI is InChI=1S/C17H24N2O/c1-19(2)13-16-10-6-5-9-15(16)12-18-17(20)11-14-7-3-4-8-14/h3,5-7,9-10,14H,4,8,11-13H2,1-2H3,(H,18,20)/t14-/m1/s1. The van der Waals surface area contributed by atoms with Gasteiger partial charge in [-0.2, -0.15) is 0 Å². The Bertz CT molecular complexity index is 480. The van der Waals surface area contributed by atoms with E-state index < -0.39 is 0 Å². The quantitative estimate of drug-likeness (QED) is 0.808. The lowest BCUT2D eigenvalue weighted by Crippen LogP contribution is -2.25. The Kier molecular flexibility index (Phi) is 5.36. The maximum atomic E-state index is 12.0. The maximum absolute atomic E-state index is 12.0. The average molecular weight is 272 g/mol. The second-order valence-corrected chi connectivity index (χ2v) is 5.75. The predicted molar refractivity (Wildman–Crippen MR) is 82.2 cm³/mol. The van der Waals surface area contributed by atoms with Crippen molar-refractivity contribution in [2.45, 2.75) is 32.4 Å². The molecule has 0 aromatic heterocycles. The van der Waals surface area contributed by atoms with E-state index in [-0.39, 0.29) is 5.91 Å². The van der Waals surface area contributed by atoms with Gasteiger partial charge in [0.15, 0.2) is 0 Å².